The number of halogens is 1. The SMILES string of the molecule is COC(=O)[C@]1(CC(C)C)N=CN(CC2CC2)C1c1ccc(Cl)cc1. The molecule has 2 aliphatic rings. The molecule has 2 atom stereocenters. The molecule has 0 bridgehead atoms. The van der Waals surface area contributed by atoms with Crippen molar-refractivity contribution in [3.63, 3.8) is 0 Å². The van der Waals surface area contributed by atoms with Crippen LogP contribution in [0, 0.1) is 11.8 Å². The molecule has 130 valence electrons. The lowest BCUT2D eigenvalue weighted by molar-refractivity contribution is -0.149. The summed E-state index contributed by atoms with van der Waals surface area (Å²) in [6, 6.07) is 7.62. The molecule has 0 amide bonds. The minimum Gasteiger partial charge on any atom is -0.467 e. The van der Waals surface area contributed by atoms with E-state index < -0.39 is 5.54 Å². The summed E-state index contributed by atoms with van der Waals surface area (Å²) in [5.41, 5.74) is 0.176. The normalized spacial score (nSPS) is 26.2. The van der Waals surface area contributed by atoms with Gasteiger partial charge in [-0.2, -0.15) is 0 Å². The van der Waals surface area contributed by atoms with E-state index in [1.54, 1.807) is 0 Å². The van der Waals surface area contributed by atoms with Crippen LogP contribution < -0.4 is 0 Å². The molecule has 1 aromatic carbocycles. The van der Waals surface area contributed by atoms with E-state index >= 15 is 0 Å². The van der Waals surface area contributed by atoms with Gasteiger partial charge in [0, 0.05) is 11.6 Å². The quantitative estimate of drug-likeness (QED) is 0.727. The Kier molecular flexibility index (Phi) is 4.86. The summed E-state index contributed by atoms with van der Waals surface area (Å²) in [6.07, 6.45) is 5.03. The highest BCUT2D eigenvalue weighted by Gasteiger charge is 2.53. The fourth-order valence-electron chi connectivity index (χ4n) is 3.66. The number of benzene rings is 1. The molecule has 0 N–H and O–H groups in total. The number of rotatable bonds is 6. The number of carbonyl (C=O) groups is 1. The zero-order valence-corrected chi connectivity index (χ0v) is 15.3. The van der Waals surface area contributed by atoms with Gasteiger partial charge in [-0.25, -0.2) is 4.79 Å². The highest BCUT2D eigenvalue weighted by Crippen LogP contribution is 2.45. The first-order valence-electron chi connectivity index (χ1n) is 8.61. The van der Waals surface area contributed by atoms with E-state index in [1.807, 2.05) is 30.6 Å². The average Bonchev–Trinajstić information content (AvgIpc) is 3.29. The summed E-state index contributed by atoms with van der Waals surface area (Å²) in [6.45, 7) is 5.17. The Labute approximate surface area is 148 Å². The van der Waals surface area contributed by atoms with E-state index in [0.29, 0.717) is 23.3 Å². The van der Waals surface area contributed by atoms with E-state index in [1.165, 1.54) is 20.0 Å². The van der Waals surface area contributed by atoms with Crippen LogP contribution in [0.25, 0.3) is 0 Å². The minimum atomic E-state index is -0.883. The van der Waals surface area contributed by atoms with Crippen LogP contribution in [0.3, 0.4) is 0 Å². The van der Waals surface area contributed by atoms with Crippen molar-refractivity contribution < 1.29 is 9.53 Å². The van der Waals surface area contributed by atoms with Crippen LogP contribution in [0.2, 0.25) is 5.02 Å². The Hall–Kier alpha value is -1.55. The highest BCUT2D eigenvalue weighted by molar-refractivity contribution is 6.30. The van der Waals surface area contributed by atoms with Crippen LogP contribution in [0.5, 0.6) is 0 Å². The predicted molar refractivity (Wildman–Crippen MR) is 96.3 cm³/mol. The van der Waals surface area contributed by atoms with Gasteiger partial charge in [0.15, 0.2) is 5.54 Å². The van der Waals surface area contributed by atoms with Gasteiger partial charge in [-0.15, -0.1) is 0 Å². The Morgan fingerprint density at radius 3 is 2.58 bits per heavy atom. The molecule has 0 spiro atoms. The van der Waals surface area contributed by atoms with E-state index in [4.69, 9.17) is 21.3 Å². The molecule has 0 radical (unpaired) electrons. The molecule has 1 fully saturated rings. The second-order valence-electron chi connectivity index (χ2n) is 7.35. The third-order valence-electron chi connectivity index (χ3n) is 4.83. The smallest absolute Gasteiger partial charge is 0.336 e. The van der Waals surface area contributed by atoms with Crippen LogP contribution in [0.1, 0.15) is 44.7 Å². The molecule has 1 aromatic rings. The lowest BCUT2D eigenvalue weighted by Crippen LogP contribution is -2.47. The fourth-order valence-corrected chi connectivity index (χ4v) is 3.79. The highest BCUT2D eigenvalue weighted by atomic mass is 35.5. The van der Waals surface area contributed by atoms with Crippen molar-refractivity contribution in [3.05, 3.63) is 34.9 Å². The molecule has 24 heavy (non-hydrogen) atoms. The monoisotopic (exact) mass is 348 g/mol. The number of hydrogen-bond acceptors (Lipinski definition) is 4. The molecule has 5 heteroatoms. The summed E-state index contributed by atoms with van der Waals surface area (Å²) >= 11 is 6.06. The molecular weight excluding hydrogens is 324 g/mol. The molecule has 4 nitrogen and oxygen atoms in total. The van der Waals surface area contributed by atoms with Gasteiger partial charge < -0.3 is 9.64 Å². The summed E-state index contributed by atoms with van der Waals surface area (Å²) < 4.78 is 5.18. The van der Waals surface area contributed by atoms with Gasteiger partial charge >= 0.3 is 5.97 Å². The fraction of sp³-hybridized carbons (Fsp3) is 0.579. The molecule has 1 saturated carbocycles. The van der Waals surface area contributed by atoms with E-state index in [9.17, 15) is 4.79 Å². The average molecular weight is 349 g/mol. The van der Waals surface area contributed by atoms with Crippen molar-refractivity contribution in [1.29, 1.82) is 0 Å². The number of aliphatic imine (C=N–C) groups is 1. The number of esters is 1. The summed E-state index contributed by atoms with van der Waals surface area (Å²) in [5.74, 6) is 0.779. The second-order valence-corrected chi connectivity index (χ2v) is 7.79. The van der Waals surface area contributed by atoms with Crippen LogP contribution in [0.15, 0.2) is 29.3 Å². The molecule has 1 aliphatic heterocycles. The lowest BCUT2D eigenvalue weighted by atomic mass is 9.79. The lowest BCUT2D eigenvalue weighted by Gasteiger charge is -2.36. The van der Waals surface area contributed by atoms with Crippen molar-refractivity contribution in [2.75, 3.05) is 13.7 Å². The van der Waals surface area contributed by atoms with Crippen LogP contribution in [0.4, 0.5) is 0 Å². The van der Waals surface area contributed by atoms with Gasteiger partial charge in [-0.05, 0) is 48.8 Å². The topological polar surface area (TPSA) is 41.9 Å². The summed E-state index contributed by atoms with van der Waals surface area (Å²) in [5, 5.41) is 0.693. The first kappa shape index (κ1) is 17.3. The molecule has 1 unspecified atom stereocenters. The Morgan fingerprint density at radius 2 is 2.04 bits per heavy atom. The van der Waals surface area contributed by atoms with E-state index in [2.05, 4.69) is 18.7 Å². The molecule has 3 rings (SSSR count). The molecule has 1 heterocycles. The number of nitrogens with zero attached hydrogens (tertiary/aromatic N) is 2. The van der Waals surface area contributed by atoms with Gasteiger partial charge in [-0.3, -0.25) is 4.99 Å². The first-order chi connectivity index (χ1) is 11.5. The summed E-state index contributed by atoms with van der Waals surface area (Å²) in [4.78, 5) is 19.7. The van der Waals surface area contributed by atoms with Crippen LogP contribution >= 0.6 is 11.6 Å². The van der Waals surface area contributed by atoms with Gasteiger partial charge in [0.2, 0.25) is 0 Å². The number of hydrogen-bond donors (Lipinski definition) is 0. The van der Waals surface area contributed by atoms with Crippen molar-refractivity contribution >= 4 is 23.9 Å². The summed E-state index contributed by atoms with van der Waals surface area (Å²) in [7, 11) is 1.45. The molecule has 0 saturated heterocycles. The van der Waals surface area contributed by atoms with Crippen molar-refractivity contribution in [1.82, 2.24) is 4.90 Å². The number of carbonyl (C=O) groups excluding carboxylic acids is 1. The Morgan fingerprint density at radius 1 is 1.38 bits per heavy atom. The first-order valence-corrected chi connectivity index (χ1v) is 8.99. The van der Waals surface area contributed by atoms with Crippen molar-refractivity contribution in [2.24, 2.45) is 16.8 Å². The third kappa shape index (κ3) is 3.30. The van der Waals surface area contributed by atoms with Gasteiger partial charge in [-0.1, -0.05) is 37.6 Å². The standard InChI is InChI=1S/C19H25ClN2O2/c1-13(2)10-19(18(23)24-3)17(15-6-8-16(20)9-7-15)22(12-21-19)11-14-4-5-14/h6-9,12-14,17H,4-5,10-11H2,1-3H3/t17?,19-/m1/s1. The van der Waals surface area contributed by atoms with Gasteiger partial charge in [0.25, 0.3) is 0 Å². The minimum absolute atomic E-state index is 0.134. The second kappa shape index (κ2) is 6.75. The largest absolute Gasteiger partial charge is 0.467 e. The third-order valence-corrected chi connectivity index (χ3v) is 5.08. The van der Waals surface area contributed by atoms with Crippen LogP contribution in [-0.2, 0) is 9.53 Å². The Bertz CT molecular complexity index is 625. The number of methoxy groups -OCH3 is 1. The zero-order valence-electron chi connectivity index (χ0n) is 14.5. The van der Waals surface area contributed by atoms with E-state index in [0.717, 1.165) is 12.1 Å². The zero-order chi connectivity index (χ0) is 17.3. The van der Waals surface area contributed by atoms with Crippen molar-refractivity contribution in [2.45, 2.75) is 44.7 Å². The maximum atomic E-state index is 12.8. The molecule has 0 aromatic heterocycles. The van der Waals surface area contributed by atoms with Gasteiger partial charge in [0.1, 0.15) is 0 Å². The molecule has 1 aliphatic carbocycles. The molecular formula is C19H25ClN2O2. The Balaban J connectivity index is 2.01. The van der Waals surface area contributed by atoms with Crippen molar-refractivity contribution in [3.8, 4) is 0 Å². The van der Waals surface area contributed by atoms with E-state index in [-0.39, 0.29) is 12.0 Å². The van der Waals surface area contributed by atoms with Crippen LogP contribution in [-0.4, -0.2) is 36.4 Å². The maximum absolute atomic E-state index is 12.8. The van der Waals surface area contributed by atoms with Gasteiger partial charge in [0.05, 0.1) is 19.5 Å². The maximum Gasteiger partial charge on any atom is 0.336 e. The number of ether oxygens (including phenoxy) is 1. The predicted octanol–water partition coefficient (Wildman–Crippen LogP) is 4.09.